The molecule has 3 rings (SSSR count). The second-order valence-corrected chi connectivity index (χ2v) is 7.33. The summed E-state index contributed by atoms with van der Waals surface area (Å²) in [5, 5.41) is 6.91. The lowest BCUT2D eigenvalue weighted by molar-refractivity contribution is -0.129. The zero-order valence-corrected chi connectivity index (χ0v) is 17.8. The molecule has 2 aromatic carbocycles. The van der Waals surface area contributed by atoms with Crippen LogP contribution in [0.5, 0.6) is 0 Å². The number of halogens is 3. The van der Waals surface area contributed by atoms with E-state index < -0.39 is 29.8 Å². The number of nitrogens with one attached hydrogen (secondary N) is 1. The Balaban J connectivity index is 1.70. The number of aryl methyl sites for hydroxylation is 1. The predicted molar refractivity (Wildman–Crippen MR) is 111 cm³/mol. The van der Waals surface area contributed by atoms with E-state index in [0.29, 0.717) is 16.9 Å². The van der Waals surface area contributed by atoms with E-state index in [1.807, 2.05) is 0 Å². The van der Waals surface area contributed by atoms with Crippen LogP contribution in [0, 0.1) is 18.6 Å². The summed E-state index contributed by atoms with van der Waals surface area (Å²) < 4.78 is 32.8. The van der Waals surface area contributed by atoms with Crippen molar-refractivity contribution in [2.75, 3.05) is 0 Å². The number of esters is 1. The first kappa shape index (κ1) is 22.4. The van der Waals surface area contributed by atoms with Crippen LogP contribution in [0.15, 0.2) is 48.5 Å². The number of nitrogens with zero attached hydrogens (tertiary/aromatic N) is 2. The molecule has 0 fully saturated rings. The van der Waals surface area contributed by atoms with Gasteiger partial charge in [0, 0.05) is 0 Å². The van der Waals surface area contributed by atoms with Crippen LogP contribution in [-0.4, -0.2) is 27.8 Å². The number of amides is 1. The van der Waals surface area contributed by atoms with E-state index in [1.54, 1.807) is 26.0 Å². The van der Waals surface area contributed by atoms with Gasteiger partial charge < -0.3 is 10.1 Å². The van der Waals surface area contributed by atoms with Crippen molar-refractivity contribution in [3.63, 3.8) is 0 Å². The van der Waals surface area contributed by atoms with Crippen molar-refractivity contribution in [3.05, 3.63) is 82.1 Å². The highest BCUT2D eigenvalue weighted by molar-refractivity contribution is 6.33. The quantitative estimate of drug-likeness (QED) is 0.563. The molecule has 0 aliphatic heterocycles. The van der Waals surface area contributed by atoms with Gasteiger partial charge in [-0.15, -0.1) is 0 Å². The summed E-state index contributed by atoms with van der Waals surface area (Å²) in [7, 11) is 0. The van der Waals surface area contributed by atoms with E-state index >= 15 is 0 Å². The van der Waals surface area contributed by atoms with Crippen molar-refractivity contribution in [1.29, 1.82) is 0 Å². The van der Waals surface area contributed by atoms with Crippen LogP contribution in [0.3, 0.4) is 0 Å². The number of rotatable bonds is 6. The molecule has 0 radical (unpaired) electrons. The fourth-order valence-corrected chi connectivity index (χ4v) is 3.27. The number of benzene rings is 2. The highest BCUT2D eigenvalue weighted by Gasteiger charge is 2.27. The van der Waals surface area contributed by atoms with E-state index in [0.717, 1.165) is 0 Å². The van der Waals surface area contributed by atoms with Crippen LogP contribution < -0.4 is 5.32 Å². The summed E-state index contributed by atoms with van der Waals surface area (Å²) in [6, 6.07) is 10.7. The zero-order valence-electron chi connectivity index (χ0n) is 17.0. The minimum absolute atomic E-state index is 0.0113. The summed E-state index contributed by atoms with van der Waals surface area (Å²) in [5.74, 6) is -2.13. The van der Waals surface area contributed by atoms with Gasteiger partial charge >= 0.3 is 5.97 Å². The highest BCUT2D eigenvalue weighted by Crippen LogP contribution is 2.25. The molecule has 2 unspecified atom stereocenters. The molecule has 0 saturated carbocycles. The van der Waals surface area contributed by atoms with Crippen LogP contribution in [0.1, 0.15) is 41.5 Å². The largest absolute Gasteiger partial charge is 0.449 e. The van der Waals surface area contributed by atoms with Crippen LogP contribution in [0.25, 0.3) is 5.69 Å². The number of hydrogen-bond acceptors (Lipinski definition) is 4. The molecule has 0 spiro atoms. The van der Waals surface area contributed by atoms with Crippen molar-refractivity contribution < 1.29 is 23.1 Å². The number of carbonyl (C=O) groups is 2. The van der Waals surface area contributed by atoms with Crippen LogP contribution >= 0.6 is 11.6 Å². The first-order chi connectivity index (χ1) is 14.7. The Morgan fingerprint density at radius 1 is 1.03 bits per heavy atom. The minimum atomic E-state index is -1.11. The third-order valence-electron chi connectivity index (χ3n) is 4.66. The summed E-state index contributed by atoms with van der Waals surface area (Å²) in [5.41, 5.74) is 1.48. The first-order valence-electron chi connectivity index (χ1n) is 9.45. The fraction of sp³-hybridized carbons (Fsp3) is 0.227. The Morgan fingerprint density at radius 2 is 1.58 bits per heavy atom. The normalized spacial score (nSPS) is 12.8. The van der Waals surface area contributed by atoms with Gasteiger partial charge in [-0.1, -0.05) is 23.7 Å². The molecule has 9 heteroatoms. The molecule has 1 amide bonds. The number of carbonyl (C=O) groups excluding carboxylic acids is 2. The maximum Gasteiger partial charge on any atom is 0.344 e. The summed E-state index contributed by atoms with van der Waals surface area (Å²) >= 11 is 6.31. The van der Waals surface area contributed by atoms with Gasteiger partial charge in [0.2, 0.25) is 0 Å². The molecule has 6 nitrogen and oxygen atoms in total. The molecule has 0 bridgehead atoms. The minimum Gasteiger partial charge on any atom is -0.449 e. The van der Waals surface area contributed by atoms with Crippen molar-refractivity contribution in [2.45, 2.75) is 32.9 Å². The van der Waals surface area contributed by atoms with E-state index in [4.69, 9.17) is 16.3 Å². The summed E-state index contributed by atoms with van der Waals surface area (Å²) in [6.07, 6.45) is -1.11. The van der Waals surface area contributed by atoms with E-state index in [2.05, 4.69) is 10.4 Å². The van der Waals surface area contributed by atoms with Crippen LogP contribution in [0.4, 0.5) is 8.78 Å². The van der Waals surface area contributed by atoms with E-state index in [9.17, 15) is 18.4 Å². The molecular weight excluding hydrogens is 428 g/mol. The Hall–Kier alpha value is -3.26. The van der Waals surface area contributed by atoms with Gasteiger partial charge in [-0.2, -0.15) is 5.10 Å². The molecule has 162 valence electrons. The maximum absolute atomic E-state index is 13.2. The van der Waals surface area contributed by atoms with Crippen LogP contribution in [0.2, 0.25) is 5.15 Å². The number of hydrogen-bond donors (Lipinski definition) is 1. The molecule has 31 heavy (non-hydrogen) atoms. The standard InChI is InChI=1S/C22H20ClF2N3O3/c1-12(15-4-6-16(24)7-5-15)26-21(29)14(3)31-22(30)19-13(2)27-28(20(19)23)18-10-8-17(25)9-11-18/h4-12,14H,1-3H3,(H,26,29). The van der Waals surface area contributed by atoms with Gasteiger partial charge in [-0.25, -0.2) is 18.3 Å². The lowest BCUT2D eigenvalue weighted by Crippen LogP contribution is -2.37. The Labute approximate surface area is 182 Å². The lowest BCUT2D eigenvalue weighted by atomic mass is 10.1. The Kier molecular flexibility index (Phi) is 6.70. The molecule has 0 aliphatic rings. The predicted octanol–water partition coefficient (Wildman–Crippen LogP) is 4.54. The second kappa shape index (κ2) is 9.26. The van der Waals surface area contributed by atoms with Gasteiger partial charge in [0.25, 0.3) is 5.91 Å². The lowest BCUT2D eigenvalue weighted by Gasteiger charge is -2.18. The van der Waals surface area contributed by atoms with Gasteiger partial charge in [0.05, 0.1) is 17.4 Å². The second-order valence-electron chi connectivity index (χ2n) is 6.97. The molecule has 1 aromatic heterocycles. The topological polar surface area (TPSA) is 73.2 Å². The van der Waals surface area contributed by atoms with Crippen LogP contribution in [-0.2, 0) is 9.53 Å². The SMILES string of the molecule is Cc1nn(-c2ccc(F)cc2)c(Cl)c1C(=O)OC(C)C(=O)NC(C)c1ccc(F)cc1. The Morgan fingerprint density at radius 3 is 2.16 bits per heavy atom. The number of aromatic nitrogens is 2. The summed E-state index contributed by atoms with van der Waals surface area (Å²) in [4.78, 5) is 25.1. The molecular formula is C22H20ClF2N3O3. The monoisotopic (exact) mass is 447 g/mol. The summed E-state index contributed by atoms with van der Waals surface area (Å²) in [6.45, 7) is 4.73. The fourth-order valence-electron chi connectivity index (χ4n) is 2.92. The first-order valence-corrected chi connectivity index (χ1v) is 9.83. The highest BCUT2D eigenvalue weighted by atomic mass is 35.5. The van der Waals surface area contributed by atoms with Crippen molar-refractivity contribution >= 4 is 23.5 Å². The van der Waals surface area contributed by atoms with E-state index in [-0.39, 0.29) is 16.5 Å². The smallest absolute Gasteiger partial charge is 0.344 e. The molecule has 1 N–H and O–H groups in total. The van der Waals surface area contributed by atoms with Gasteiger partial charge in [0.1, 0.15) is 22.4 Å². The average Bonchev–Trinajstić information content (AvgIpc) is 3.03. The third-order valence-corrected chi connectivity index (χ3v) is 5.01. The molecule has 1 heterocycles. The van der Waals surface area contributed by atoms with Crippen molar-refractivity contribution in [2.24, 2.45) is 0 Å². The van der Waals surface area contributed by atoms with Crippen molar-refractivity contribution in [1.82, 2.24) is 15.1 Å². The van der Waals surface area contributed by atoms with Crippen molar-refractivity contribution in [3.8, 4) is 5.69 Å². The third kappa shape index (κ3) is 5.08. The van der Waals surface area contributed by atoms with Gasteiger partial charge in [-0.05, 0) is 62.7 Å². The molecule has 0 saturated heterocycles. The number of ether oxygens (including phenoxy) is 1. The Bertz CT molecular complexity index is 1100. The molecule has 0 aliphatic carbocycles. The zero-order chi connectivity index (χ0) is 22.7. The molecule has 2 atom stereocenters. The molecule has 3 aromatic rings. The average molecular weight is 448 g/mol. The van der Waals surface area contributed by atoms with Gasteiger partial charge in [0.15, 0.2) is 6.10 Å². The maximum atomic E-state index is 13.2. The van der Waals surface area contributed by atoms with E-state index in [1.165, 1.54) is 48.0 Å². The van der Waals surface area contributed by atoms with Gasteiger partial charge in [-0.3, -0.25) is 4.79 Å².